The molecule has 37 heavy (non-hydrogen) atoms. The lowest BCUT2D eigenvalue weighted by Crippen LogP contribution is -2.33. The number of anilines is 2. The van der Waals surface area contributed by atoms with E-state index < -0.39 is 28.9 Å². The summed E-state index contributed by atoms with van der Waals surface area (Å²) in [5.74, 6) is -2.55. The zero-order valence-electron chi connectivity index (χ0n) is 20.7. The minimum atomic E-state index is -3.46. The van der Waals surface area contributed by atoms with Gasteiger partial charge in [0.05, 0.1) is 5.69 Å². The molecule has 12 heteroatoms. The van der Waals surface area contributed by atoms with Crippen LogP contribution in [-0.4, -0.2) is 80.8 Å². The van der Waals surface area contributed by atoms with Crippen molar-refractivity contribution in [2.75, 3.05) is 48.4 Å². The zero-order chi connectivity index (χ0) is 26.3. The topological polar surface area (TPSA) is 104 Å². The molecule has 1 amide bonds. The van der Waals surface area contributed by atoms with Crippen molar-refractivity contribution in [1.82, 2.24) is 14.8 Å². The standard InChI is InChI=1S/C25H31F2N5O4S/c1-15-3-4-16(9-30-10-17-12-31(24(33)34)13-18(17)11-30)7-20(15)21-5-6-22-23(28-21)29(2)37(35,36)32(22)14-19-8-25(19,26)27/h3-7,17-19,35-36H,8-14H2,1-2H3,(H,33,34)/t17-,18+,19?. The second-order valence-electron chi connectivity index (χ2n) is 10.8. The number of hydrogen-bond acceptors (Lipinski definition) is 7. The smallest absolute Gasteiger partial charge is 0.407 e. The highest BCUT2D eigenvalue weighted by Gasteiger charge is 2.59. The Bertz CT molecular complexity index is 1250. The fourth-order valence-electron chi connectivity index (χ4n) is 5.96. The summed E-state index contributed by atoms with van der Waals surface area (Å²) < 4.78 is 51.3. The molecule has 2 saturated heterocycles. The van der Waals surface area contributed by atoms with E-state index >= 15 is 0 Å². The number of amides is 1. The predicted octanol–water partition coefficient (Wildman–Crippen LogP) is 4.59. The molecular weight excluding hydrogens is 504 g/mol. The fourth-order valence-corrected chi connectivity index (χ4v) is 7.41. The van der Waals surface area contributed by atoms with Gasteiger partial charge >= 0.3 is 6.09 Å². The van der Waals surface area contributed by atoms with E-state index in [2.05, 4.69) is 17.0 Å². The van der Waals surface area contributed by atoms with E-state index in [4.69, 9.17) is 4.98 Å². The first-order chi connectivity index (χ1) is 17.4. The van der Waals surface area contributed by atoms with Crippen molar-refractivity contribution >= 4 is 28.6 Å². The van der Waals surface area contributed by atoms with E-state index in [1.165, 1.54) is 20.6 Å². The predicted molar refractivity (Wildman–Crippen MR) is 138 cm³/mol. The number of pyridine rings is 1. The largest absolute Gasteiger partial charge is 0.465 e. The third-order valence-electron chi connectivity index (χ3n) is 8.24. The summed E-state index contributed by atoms with van der Waals surface area (Å²) in [7, 11) is -1.93. The van der Waals surface area contributed by atoms with Crippen LogP contribution in [-0.2, 0) is 6.54 Å². The molecule has 4 aliphatic rings. The fraction of sp³-hybridized carbons (Fsp3) is 0.520. The van der Waals surface area contributed by atoms with Crippen LogP contribution in [0.25, 0.3) is 11.3 Å². The average Bonchev–Trinajstić information content (AvgIpc) is 3.11. The molecule has 200 valence electrons. The Balaban J connectivity index is 1.21. The van der Waals surface area contributed by atoms with Crippen molar-refractivity contribution in [1.29, 1.82) is 0 Å². The van der Waals surface area contributed by atoms with Crippen molar-refractivity contribution in [3.8, 4) is 11.3 Å². The van der Waals surface area contributed by atoms with Crippen molar-refractivity contribution in [3.63, 3.8) is 0 Å². The summed E-state index contributed by atoms with van der Waals surface area (Å²) >= 11 is 0. The van der Waals surface area contributed by atoms with Crippen molar-refractivity contribution < 1.29 is 27.8 Å². The van der Waals surface area contributed by atoms with Crippen LogP contribution in [0.15, 0.2) is 30.3 Å². The van der Waals surface area contributed by atoms with Gasteiger partial charge < -0.3 is 10.0 Å². The third kappa shape index (κ3) is 4.19. The number of hydrogen-bond donors (Lipinski definition) is 3. The maximum absolute atomic E-state index is 13.6. The van der Waals surface area contributed by atoms with Gasteiger partial charge in [0.25, 0.3) is 5.92 Å². The summed E-state index contributed by atoms with van der Waals surface area (Å²) in [5, 5.41) is 9.26. The first-order valence-electron chi connectivity index (χ1n) is 12.4. The SMILES string of the molecule is Cc1ccc(CN2C[C@@H]3CN(C(=O)O)C[C@@H]3C2)cc1-c1ccc2c(n1)N(C)S(O)(O)N2CC1CC1(F)F. The Morgan fingerprint density at radius 3 is 2.43 bits per heavy atom. The van der Waals surface area contributed by atoms with Crippen LogP contribution in [0.2, 0.25) is 0 Å². The van der Waals surface area contributed by atoms with E-state index in [1.807, 2.05) is 13.0 Å². The molecule has 6 rings (SSSR count). The molecule has 0 bridgehead atoms. The van der Waals surface area contributed by atoms with Crippen LogP contribution in [0.3, 0.4) is 0 Å². The van der Waals surface area contributed by atoms with Crippen LogP contribution >= 0.6 is 11.0 Å². The Hall–Kier alpha value is -2.67. The monoisotopic (exact) mass is 535 g/mol. The number of fused-ring (bicyclic) bond motifs is 2. The summed E-state index contributed by atoms with van der Waals surface area (Å²) in [6, 6.07) is 9.76. The average molecular weight is 536 g/mol. The minimum absolute atomic E-state index is 0.135. The van der Waals surface area contributed by atoms with Crippen LogP contribution in [0.4, 0.5) is 25.1 Å². The van der Waals surface area contributed by atoms with Gasteiger partial charge in [-0.25, -0.2) is 27.2 Å². The normalized spacial score (nSPS) is 28.4. The highest BCUT2D eigenvalue weighted by Crippen LogP contribution is 2.62. The van der Waals surface area contributed by atoms with Crippen molar-refractivity contribution in [3.05, 3.63) is 41.5 Å². The summed E-state index contributed by atoms with van der Waals surface area (Å²) in [6.45, 7) is 5.54. The number of likely N-dealkylation sites (tertiary alicyclic amines) is 2. The van der Waals surface area contributed by atoms with Gasteiger partial charge in [0.2, 0.25) is 0 Å². The van der Waals surface area contributed by atoms with E-state index in [1.54, 1.807) is 12.1 Å². The van der Waals surface area contributed by atoms with Crippen molar-refractivity contribution in [2.45, 2.75) is 25.8 Å². The molecule has 1 aromatic carbocycles. The van der Waals surface area contributed by atoms with Crippen LogP contribution in [0, 0.1) is 24.7 Å². The number of alkyl halides is 2. The molecule has 1 aliphatic carbocycles. The molecular formula is C25H31F2N5O4S. The number of aromatic nitrogens is 1. The van der Waals surface area contributed by atoms with Gasteiger partial charge in [0, 0.05) is 64.2 Å². The van der Waals surface area contributed by atoms with Crippen molar-refractivity contribution in [2.24, 2.45) is 17.8 Å². The number of rotatable bonds is 5. The Kier molecular flexibility index (Phi) is 5.61. The Morgan fingerprint density at radius 2 is 1.81 bits per heavy atom. The molecule has 1 aromatic heterocycles. The van der Waals surface area contributed by atoms with Gasteiger partial charge in [-0.3, -0.25) is 14.0 Å². The molecule has 9 nitrogen and oxygen atoms in total. The molecule has 3 N–H and O–H groups in total. The quantitative estimate of drug-likeness (QED) is 0.511. The van der Waals surface area contributed by atoms with E-state index in [9.17, 15) is 27.8 Å². The summed E-state index contributed by atoms with van der Waals surface area (Å²) in [5.41, 5.74) is 4.19. The van der Waals surface area contributed by atoms with Gasteiger partial charge in [0.15, 0.2) is 5.82 Å². The molecule has 3 aliphatic heterocycles. The van der Waals surface area contributed by atoms with Gasteiger partial charge in [0.1, 0.15) is 5.69 Å². The molecule has 0 spiro atoms. The highest BCUT2D eigenvalue weighted by molar-refractivity contribution is 8.26. The molecule has 3 atom stereocenters. The summed E-state index contributed by atoms with van der Waals surface area (Å²) in [6.07, 6.45) is -1.09. The number of nitrogens with zero attached hydrogens (tertiary/aromatic N) is 5. The van der Waals surface area contributed by atoms with Gasteiger partial charge in [-0.2, -0.15) is 0 Å². The third-order valence-corrected chi connectivity index (χ3v) is 10.1. The Labute approximate surface area is 215 Å². The molecule has 1 saturated carbocycles. The first kappa shape index (κ1) is 24.7. The van der Waals surface area contributed by atoms with Gasteiger partial charge in [-0.05, 0) is 59.0 Å². The van der Waals surface area contributed by atoms with Crippen LogP contribution < -0.4 is 8.61 Å². The first-order valence-corrected chi connectivity index (χ1v) is 13.9. The number of aryl methyl sites for hydroxylation is 1. The zero-order valence-corrected chi connectivity index (χ0v) is 21.5. The molecule has 3 fully saturated rings. The van der Waals surface area contributed by atoms with Crippen LogP contribution in [0.1, 0.15) is 17.5 Å². The molecule has 0 radical (unpaired) electrons. The lowest BCUT2D eigenvalue weighted by atomic mass is 10.0. The highest BCUT2D eigenvalue weighted by atomic mass is 32.3. The molecule has 1 unspecified atom stereocenters. The lowest BCUT2D eigenvalue weighted by molar-refractivity contribution is 0.101. The van der Waals surface area contributed by atoms with E-state index in [0.717, 1.165) is 36.3 Å². The lowest BCUT2D eigenvalue weighted by Gasteiger charge is -2.41. The minimum Gasteiger partial charge on any atom is -0.465 e. The van der Waals surface area contributed by atoms with Gasteiger partial charge in [-0.15, -0.1) is 0 Å². The van der Waals surface area contributed by atoms with E-state index in [-0.39, 0.29) is 13.0 Å². The maximum atomic E-state index is 13.6. The molecule has 2 aromatic rings. The molecule has 4 heterocycles. The Morgan fingerprint density at radius 1 is 1.14 bits per heavy atom. The number of carboxylic acid groups (broad SMARTS) is 1. The maximum Gasteiger partial charge on any atom is 0.407 e. The van der Waals surface area contributed by atoms with Crippen LogP contribution in [0.5, 0.6) is 0 Å². The number of carbonyl (C=O) groups is 1. The van der Waals surface area contributed by atoms with Gasteiger partial charge in [-0.1, -0.05) is 12.1 Å². The number of benzene rings is 1. The number of halogens is 2. The second kappa shape index (κ2) is 8.42. The second-order valence-corrected chi connectivity index (χ2v) is 12.8. The van der Waals surface area contributed by atoms with E-state index in [0.29, 0.717) is 42.1 Å². The summed E-state index contributed by atoms with van der Waals surface area (Å²) in [4.78, 5) is 19.9.